The summed E-state index contributed by atoms with van der Waals surface area (Å²) in [6.45, 7) is 5.51. The third-order valence-corrected chi connectivity index (χ3v) is 5.01. The van der Waals surface area contributed by atoms with Crippen LogP contribution in [0, 0.1) is 5.92 Å². The molecule has 1 aliphatic heterocycles. The zero-order valence-corrected chi connectivity index (χ0v) is 16.0. The van der Waals surface area contributed by atoms with Crippen molar-refractivity contribution in [1.82, 2.24) is 20.4 Å². The molecule has 0 bridgehead atoms. The van der Waals surface area contributed by atoms with Gasteiger partial charge in [-0.05, 0) is 49.1 Å². The predicted octanol–water partition coefficient (Wildman–Crippen LogP) is 3.95. The van der Waals surface area contributed by atoms with Gasteiger partial charge in [0.2, 0.25) is 0 Å². The molecular formula is C20H25F3N4O. The van der Waals surface area contributed by atoms with Crippen molar-refractivity contribution in [2.45, 2.75) is 44.9 Å². The van der Waals surface area contributed by atoms with E-state index in [1.807, 2.05) is 13.8 Å². The van der Waals surface area contributed by atoms with Crippen LogP contribution in [0.3, 0.4) is 0 Å². The van der Waals surface area contributed by atoms with Crippen molar-refractivity contribution >= 4 is 5.91 Å². The van der Waals surface area contributed by atoms with E-state index in [1.165, 1.54) is 6.07 Å². The summed E-state index contributed by atoms with van der Waals surface area (Å²) in [6, 6.07) is 6.40. The third kappa shape index (κ3) is 4.73. The van der Waals surface area contributed by atoms with E-state index in [1.54, 1.807) is 23.0 Å². The molecule has 28 heavy (non-hydrogen) atoms. The van der Waals surface area contributed by atoms with Gasteiger partial charge >= 0.3 is 6.18 Å². The minimum atomic E-state index is -4.42. The highest BCUT2D eigenvalue weighted by Crippen LogP contribution is 2.32. The Bertz CT molecular complexity index is 810. The second-order valence-electron chi connectivity index (χ2n) is 7.50. The zero-order chi connectivity index (χ0) is 20.3. The van der Waals surface area contributed by atoms with E-state index < -0.39 is 23.7 Å². The van der Waals surface area contributed by atoms with Crippen molar-refractivity contribution in [1.29, 1.82) is 0 Å². The molecule has 1 aromatic heterocycles. The maximum absolute atomic E-state index is 13.0. The highest BCUT2D eigenvalue weighted by molar-refractivity contribution is 5.92. The van der Waals surface area contributed by atoms with Gasteiger partial charge in [-0.3, -0.25) is 9.48 Å². The van der Waals surface area contributed by atoms with E-state index >= 15 is 0 Å². The number of hydrogen-bond acceptors (Lipinski definition) is 3. The van der Waals surface area contributed by atoms with Gasteiger partial charge in [0.1, 0.15) is 5.69 Å². The predicted molar refractivity (Wildman–Crippen MR) is 99.9 cm³/mol. The lowest BCUT2D eigenvalue weighted by atomic mass is 9.94. The van der Waals surface area contributed by atoms with Crippen LogP contribution in [0.5, 0.6) is 0 Å². The van der Waals surface area contributed by atoms with Gasteiger partial charge in [-0.25, -0.2) is 0 Å². The molecule has 2 atom stereocenters. The van der Waals surface area contributed by atoms with Gasteiger partial charge in [0, 0.05) is 12.7 Å². The fraction of sp³-hybridized carbons (Fsp3) is 0.500. The highest BCUT2D eigenvalue weighted by atomic mass is 19.4. The summed E-state index contributed by atoms with van der Waals surface area (Å²) in [4.78, 5) is 12.7. The number of aromatic nitrogens is 2. The molecule has 2 aromatic rings. The number of halogens is 3. The number of carbonyl (C=O) groups excluding carboxylic acids is 1. The van der Waals surface area contributed by atoms with Gasteiger partial charge in [0.15, 0.2) is 0 Å². The molecule has 1 fully saturated rings. The average Bonchev–Trinajstić information content (AvgIpc) is 3.16. The molecule has 1 amide bonds. The molecule has 5 nitrogen and oxygen atoms in total. The Kier molecular flexibility index (Phi) is 6.07. The smallest absolute Gasteiger partial charge is 0.344 e. The zero-order valence-electron chi connectivity index (χ0n) is 16.0. The number of carbonyl (C=O) groups is 1. The van der Waals surface area contributed by atoms with Crippen LogP contribution in [0.2, 0.25) is 0 Å². The molecule has 1 aromatic carbocycles. The fourth-order valence-electron chi connectivity index (χ4n) is 3.48. The quantitative estimate of drug-likeness (QED) is 0.807. The summed E-state index contributed by atoms with van der Waals surface area (Å²) >= 11 is 0. The summed E-state index contributed by atoms with van der Waals surface area (Å²) in [5, 5.41) is 10.5. The van der Waals surface area contributed by atoms with Crippen LogP contribution in [-0.4, -0.2) is 28.8 Å². The van der Waals surface area contributed by atoms with Crippen molar-refractivity contribution in [3.8, 4) is 0 Å². The van der Waals surface area contributed by atoms with E-state index in [0.717, 1.165) is 38.1 Å². The van der Waals surface area contributed by atoms with Crippen LogP contribution in [0.1, 0.15) is 60.4 Å². The van der Waals surface area contributed by atoms with Crippen LogP contribution in [-0.2, 0) is 6.18 Å². The van der Waals surface area contributed by atoms with E-state index in [2.05, 4.69) is 15.7 Å². The van der Waals surface area contributed by atoms with E-state index in [-0.39, 0.29) is 17.7 Å². The number of nitrogens with one attached hydrogen (secondary N) is 2. The topological polar surface area (TPSA) is 59.0 Å². The number of piperidine rings is 1. The Morgan fingerprint density at radius 3 is 2.75 bits per heavy atom. The summed E-state index contributed by atoms with van der Waals surface area (Å²) in [5.41, 5.74) is -0.0312. The van der Waals surface area contributed by atoms with Crippen LogP contribution >= 0.6 is 0 Å². The average molecular weight is 394 g/mol. The van der Waals surface area contributed by atoms with E-state index in [0.29, 0.717) is 5.56 Å². The molecule has 0 radical (unpaired) electrons. The SMILES string of the molecule is CC(C)C(NC(=O)c1ccn(C2CCCNC2)n1)c1cccc(C(F)(F)F)c1. The first kappa shape index (κ1) is 20.4. The molecular weight excluding hydrogens is 369 g/mol. The van der Waals surface area contributed by atoms with Crippen molar-refractivity contribution < 1.29 is 18.0 Å². The van der Waals surface area contributed by atoms with Gasteiger partial charge in [-0.2, -0.15) is 18.3 Å². The van der Waals surface area contributed by atoms with Crippen molar-refractivity contribution in [3.63, 3.8) is 0 Å². The number of amides is 1. The molecule has 0 aliphatic carbocycles. The molecule has 0 saturated carbocycles. The standard InChI is InChI=1S/C20H25F3N4O/c1-13(2)18(14-5-3-6-15(11-14)20(21,22)23)25-19(28)17-8-10-27(26-17)16-7-4-9-24-12-16/h3,5-6,8,10-11,13,16,18,24H,4,7,9,12H2,1-2H3,(H,25,28). The van der Waals surface area contributed by atoms with Gasteiger partial charge in [-0.1, -0.05) is 26.0 Å². The largest absolute Gasteiger partial charge is 0.416 e. The lowest BCUT2D eigenvalue weighted by molar-refractivity contribution is -0.137. The lowest BCUT2D eigenvalue weighted by Gasteiger charge is -2.24. The maximum atomic E-state index is 13.0. The van der Waals surface area contributed by atoms with Crippen molar-refractivity contribution in [2.75, 3.05) is 13.1 Å². The first-order chi connectivity index (χ1) is 13.3. The summed E-state index contributed by atoms with van der Waals surface area (Å²) in [6.07, 6.45) is -0.596. The number of benzene rings is 1. The van der Waals surface area contributed by atoms with Crippen molar-refractivity contribution in [3.05, 3.63) is 53.3 Å². The van der Waals surface area contributed by atoms with Gasteiger partial charge in [0.25, 0.3) is 5.91 Å². The molecule has 2 heterocycles. The number of nitrogens with zero attached hydrogens (tertiary/aromatic N) is 2. The van der Waals surface area contributed by atoms with Crippen LogP contribution < -0.4 is 10.6 Å². The number of alkyl halides is 3. The second-order valence-corrected chi connectivity index (χ2v) is 7.50. The second kappa shape index (κ2) is 8.34. The van der Waals surface area contributed by atoms with Gasteiger partial charge in [-0.15, -0.1) is 0 Å². The van der Waals surface area contributed by atoms with Crippen LogP contribution in [0.15, 0.2) is 36.5 Å². The third-order valence-electron chi connectivity index (χ3n) is 5.01. The Morgan fingerprint density at radius 2 is 2.11 bits per heavy atom. The minimum absolute atomic E-state index is 0.0861. The molecule has 3 rings (SSSR count). The van der Waals surface area contributed by atoms with Crippen LogP contribution in [0.4, 0.5) is 13.2 Å². The van der Waals surface area contributed by atoms with Gasteiger partial charge < -0.3 is 10.6 Å². The van der Waals surface area contributed by atoms with E-state index in [9.17, 15) is 18.0 Å². The summed E-state index contributed by atoms with van der Waals surface area (Å²) in [7, 11) is 0. The van der Waals surface area contributed by atoms with Crippen molar-refractivity contribution in [2.24, 2.45) is 5.92 Å². The maximum Gasteiger partial charge on any atom is 0.416 e. The Hall–Kier alpha value is -2.35. The van der Waals surface area contributed by atoms with Gasteiger partial charge in [0.05, 0.1) is 17.6 Å². The summed E-state index contributed by atoms with van der Waals surface area (Å²) in [5.74, 6) is -0.476. The van der Waals surface area contributed by atoms with E-state index in [4.69, 9.17) is 0 Å². The molecule has 1 aliphatic rings. The fourth-order valence-corrected chi connectivity index (χ4v) is 3.48. The number of hydrogen-bond donors (Lipinski definition) is 2. The van der Waals surface area contributed by atoms with Crippen LogP contribution in [0.25, 0.3) is 0 Å². The number of rotatable bonds is 5. The Morgan fingerprint density at radius 1 is 1.32 bits per heavy atom. The lowest BCUT2D eigenvalue weighted by Crippen LogP contribution is -2.33. The first-order valence-corrected chi connectivity index (χ1v) is 9.49. The summed E-state index contributed by atoms with van der Waals surface area (Å²) < 4.78 is 40.9. The minimum Gasteiger partial charge on any atom is -0.344 e. The highest BCUT2D eigenvalue weighted by Gasteiger charge is 2.31. The first-order valence-electron chi connectivity index (χ1n) is 9.49. The molecule has 2 N–H and O–H groups in total. The Balaban J connectivity index is 1.76. The molecule has 2 unspecified atom stereocenters. The Labute approximate surface area is 162 Å². The normalized spacial score (nSPS) is 18.9. The monoisotopic (exact) mass is 394 g/mol. The molecule has 8 heteroatoms. The molecule has 0 spiro atoms. The molecule has 1 saturated heterocycles. The molecule has 152 valence electrons.